The minimum absolute atomic E-state index is 0.886. The normalized spacial score (nSPS) is 15.1. The van der Waals surface area contributed by atoms with Crippen LogP contribution in [0.3, 0.4) is 0 Å². The fourth-order valence-corrected chi connectivity index (χ4v) is 2.78. The van der Waals surface area contributed by atoms with Crippen LogP contribution in [-0.4, -0.2) is 32.8 Å². The Labute approximate surface area is 126 Å². The minimum atomic E-state index is 0.886. The second kappa shape index (κ2) is 6.83. The SMILES string of the molecule is CCCNCc1ccccc1CN1CCn2cnnc2C1. The third-order valence-electron chi connectivity index (χ3n) is 3.97. The van der Waals surface area contributed by atoms with Gasteiger partial charge in [-0.2, -0.15) is 0 Å². The highest BCUT2D eigenvalue weighted by atomic mass is 15.3. The largest absolute Gasteiger partial charge is 0.315 e. The van der Waals surface area contributed by atoms with E-state index in [1.807, 2.05) is 6.33 Å². The van der Waals surface area contributed by atoms with Gasteiger partial charge in [-0.1, -0.05) is 31.2 Å². The van der Waals surface area contributed by atoms with Crippen LogP contribution in [0.5, 0.6) is 0 Å². The molecule has 5 nitrogen and oxygen atoms in total. The first-order valence-corrected chi connectivity index (χ1v) is 7.73. The van der Waals surface area contributed by atoms with E-state index in [1.165, 1.54) is 17.5 Å². The second-order valence-corrected chi connectivity index (χ2v) is 5.60. The Morgan fingerprint density at radius 1 is 1.19 bits per heavy atom. The predicted molar refractivity (Wildman–Crippen MR) is 82.6 cm³/mol. The lowest BCUT2D eigenvalue weighted by molar-refractivity contribution is 0.208. The molecule has 0 bridgehead atoms. The van der Waals surface area contributed by atoms with E-state index in [9.17, 15) is 0 Å². The molecular formula is C16H23N5. The molecule has 0 atom stereocenters. The number of aromatic nitrogens is 3. The summed E-state index contributed by atoms with van der Waals surface area (Å²) in [5.74, 6) is 1.07. The lowest BCUT2D eigenvalue weighted by Crippen LogP contribution is -2.33. The van der Waals surface area contributed by atoms with Gasteiger partial charge in [0.2, 0.25) is 0 Å². The Hall–Kier alpha value is -1.72. The Bertz CT molecular complexity index is 578. The molecule has 1 N–H and O–H groups in total. The van der Waals surface area contributed by atoms with Crippen LogP contribution in [0.1, 0.15) is 30.3 Å². The lowest BCUT2D eigenvalue weighted by atomic mass is 10.1. The summed E-state index contributed by atoms with van der Waals surface area (Å²) in [6.07, 6.45) is 3.00. The van der Waals surface area contributed by atoms with Gasteiger partial charge in [0.1, 0.15) is 12.2 Å². The van der Waals surface area contributed by atoms with Crippen LogP contribution in [-0.2, 0) is 26.2 Å². The van der Waals surface area contributed by atoms with Crippen LogP contribution in [0.2, 0.25) is 0 Å². The van der Waals surface area contributed by atoms with E-state index in [0.29, 0.717) is 0 Å². The summed E-state index contributed by atoms with van der Waals surface area (Å²) in [4.78, 5) is 2.45. The van der Waals surface area contributed by atoms with Crippen molar-refractivity contribution in [3.8, 4) is 0 Å². The quantitative estimate of drug-likeness (QED) is 0.822. The highest BCUT2D eigenvalue weighted by Crippen LogP contribution is 2.16. The first-order valence-electron chi connectivity index (χ1n) is 7.73. The van der Waals surface area contributed by atoms with Crippen molar-refractivity contribution in [1.82, 2.24) is 25.0 Å². The van der Waals surface area contributed by atoms with E-state index < -0.39 is 0 Å². The number of hydrogen-bond acceptors (Lipinski definition) is 4. The molecule has 1 aliphatic rings. The van der Waals surface area contributed by atoms with Gasteiger partial charge in [0.05, 0.1) is 6.54 Å². The molecule has 3 rings (SSSR count). The van der Waals surface area contributed by atoms with Crippen molar-refractivity contribution in [2.45, 2.75) is 39.5 Å². The summed E-state index contributed by atoms with van der Waals surface area (Å²) in [5, 5.41) is 11.7. The van der Waals surface area contributed by atoms with E-state index in [0.717, 1.165) is 45.1 Å². The fraction of sp³-hybridized carbons (Fsp3) is 0.500. The Kier molecular flexibility index (Phi) is 4.62. The zero-order chi connectivity index (χ0) is 14.5. The van der Waals surface area contributed by atoms with Crippen LogP contribution in [0.25, 0.3) is 0 Å². The van der Waals surface area contributed by atoms with Crippen LogP contribution in [0.15, 0.2) is 30.6 Å². The van der Waals surface area contributed by atoms with Gasteiger partial charge in [0, 0.05) is 26.2 Å². The van der Waals surface area contributed by atoms with Gasteiger partial charge in [-0.05, 0) is 24.1 Å². The van der Waals surface area contributed by atoms with Gasteiger partial charge >= 0.3 is 0 Å². The zero-order valence-corrected chi connectivity index (χ0v) is 12.6. The van der Waals surface area contributed by atoms with E-state index >= 15 is 0 Å². The Balaban J connectivity index is 1.65. The maximum absolute atomic E-state index is 4.19. The smallest absolute Gasteiger partial charge is 0.147 e. The first kappa shape index (κ1) is 14.2. The topological polar surface area (TPSA) is 46.0 Å². The van der Waals surface area contributed by atoms with Crippen molar-refractivity contribution in [1.29, 1.82) is 0 Å². The number of nitrogens with zero attached hydrogens (tertiary/aromatic N) is 4. The molecule has 2 heterocycles. The molecule has 0 spiro atoms. The highest BCUT2D eigenvalue weighted by molar-refractivity contribution is 5.27. The van der Waals surface area contributed by atoms with Gasteiger partial charge in [0.15, 0.2) is 0 Å². The first-order chi connectivity index (χ1) is 10.4. The molecule has 0 saturated carbocycles. The van der Waals surface area contributed by atoms with E-state index in [2.05, 4.69) is 56.2 Å². The molecule has 112 valence electrons. The van der Waals surface area contributed by atoms with Crippen LogP contribution < -0.4 is 5.32 Å². The molecule has 0 fully saturated rings. The van der Waals surface area contributed by atoms with Gasteiger partial charge in [-0.3, -0.25) is 4.90 Å². The van der Waals surface area contributed by atoms with Crippen molar-refractivity contribution < 1.29 is 0 Å². The monoisotopic (exact) mass is 285 g/mol. The minimum Gasteiger partial charge on any atom is -0.315 e. The van der Waals surface area contributed by atoms with Gasteiger partial charge in [0.25, 0.3) is 0 Å². The fourth-order valence-electron chi connectivity index (χ4n) is 2.78. The van der Waals surface area contributed by atoms with Crippen molar-refractivity contribution >= 4 is 0 Å². The number of fused-ring (bicyclic) bond motifs is 1. The van der Waals surface area contributed by atoms with Crippen LogP contribution >= 0.6 is 0 Å². The molecule has 21 heavy (non-hydrogen) atoms. The van der Waals surface area contributed by atoms with E-state index in [-0.39, 0.29) is 0 Å². The Morgan fingerprint density at radius 2 is 2.05 bits per heavy atom. The summed E-state index contributed by atoms with van der Waals surface area (Å²) in [6, 6.07) is 8.72. The van der Waals surface area contributed by atoms with Gasteiger partial charge in [-0.15, -0.1) is 10.2 Å². The van der Waals surface area contributed by atoms with Crippen molar-refractivity contribution in [3.63, 3.8) is 0 Å². The lowest BCUT2D eigenvalue weighted by Gasteiger charge is -2.27. The molecule has 1 aliphatic heterocycles. The molecule has 0 aliphatic carbocycles. The number of nitrogens with one attached hydrogen (secondary N) is 1. The molecule has 0 saturated heterocycles. The number of rotatable bonds is 6. The standard InChI is InChI=1S/C16H23N5/c1-2-7-17-10-14-5-3-4-6-15(14)11-20-8-9-21-13-18-19-16(21)12-20/h3-6,13,17H,2,7-12H2,1H3. The highest BCUT2D eigenvalue weighted by Gasteiger charge is 2.18. The molecular weight excluding hydrogens is 262 g/mol. The molecule has 0 radical (unpaired) electrons. The molecule has 1 aromatic carbocycles. The van der Waals surface area contributed by atoms with Crippen molar-refractivity contribution in [2.24, 2.45) is 0 Å². The molecule has 2 aromatic rings. The van der Waals surface area contributed by atoms with Crippen molar-refractivity contribution in [2.75, 3.05) is 13.1 Å². The number of hydrogen-bond donors (Lipinski definition) is 1. The molecule has 0 amide bonds. The summed E-state index contributed by atoms with van der Waals surface area (Å²) in [5.41, 5.74) is 2.81. The summed E-state index contributed by atoms with van der Waals surface area (Å²) >= 11 is 0. The number of benzene rings is 1. The third-order valence-corrected chi connectivity index (χ3v) is 3.97. The second-order valence-electron chi connectivity index (χ2n) is 5.60. The average Bonchev–Trinajstić information content (AvgIpc) is 2.97. The maximum atomic E-state index is 4.19. The van der Waals surface area contributed by atoms with Gasteiger partial charge < -0.3 is 9.88 Å². The Morgan fingerprint density at radius 3 is 2.90 bits per heavy atom. The molecule has 5 heteroatoms. The molecule has 0 unspecified atom stereocenters. The van der Waals surface area contributed by atoms with Gasteiger partial charge in [-0.25, -0.2) is 0 Å². The average molecular weight is 285 g/mol. The molecule has 1 aromatic heterocycles. The summed E-state index contributed by atoms with van der Waals surface area (Å²) in [7, 11) is 0. The zero-order valence-electron chi connectivity index (χ0n) is 12.6. The third kappa shape index (κ3) is 3.49. The van der Waals surface area contributed by atoms with E-state index in [1.54, 1.807) is 0 Å². The predicted octanol–water partition coefficient (Wildman–Crippen LogP) is 1.79. The van der Waals surface area contributed by atoms with E-state index in [4.69, 9.17) is 0 Å². The van der Waals surface area contributed by atoms with Crippen molar-refractivity contribution in [3.05, 3.63) is 47.5 Å². The summed E-state index contributed by atoms with van der Waals surface area (Å²) in [6.45, 7) is 8.13. The van der Waals surface area contributed by atoms with Crippen LogP contribution in [0, 0.1) is 0 Å². The van der Waals surface area contributed by atoms with Crippen LogP contribution in [0.4, 0.5) is 0 Å². The summed E-state index contributed by atoms with van der Waals surface area (Å²) < 4.78 is 2.14. The maximum Gasteiger partial charge on any atom is 0.147 e.